The van der Waals surface area contributed by atoms with Crippen LogP contribution in [0.1, 0.15) is 5.56 Å². The fourth-order valence-corrected chi connectivity index (χ4v) is 2.97. The average Bonchev–Trinajstić information content (AvgIpc) is 2.95. The first kappa shape index (κ1) is 17.2. The van der Waals surface area contributed by atoms with E-state index in [1.165, 1.54) is 7.11 Å². The number of nitrogens with zero attached hydrogens (tertiary/aromatic N) is 1. The molecule has 2 aromatic carbocycles. The maximum Gasteiger partial charge on any atom is 0.234 e. The van der Waals surface area contributed by atoms with Crippen molar-refractivity contribution < 1.29 is 18.3 Å². The van der Waals surface area contributed by atoms with Gasteiger partial charge in [-0.1, -0.05) is 17.8 Å². The van der Waals surface area contributed by atoms with E-state index in [2.05, 4.69) is 15.3 Å². The number of methoxy groups -OCH3 is 1. The van der Waals surface area contributed by atoms with E-state index >= 15 is 0 Å². The minimum absolute atomic E-state index is 0.0852. The van der Waals surface area contributed by atoms with Gasteiger partial charge < -0.3 is 15.0 Å². The van der Waals surface area contributed by atoms with Crippen molar-refractivity contribution in [2.24, 2.45) is 0 Å². The van der Waals surface area contributed by atoms with Crippen molar-refractivity contribution in [2.45, 2.75) is 12.1 Å². The number of aryl methyl sites for hydroxylation is 1. The number of thioether (sulfide) groups is 1. The van der Waals surface area contributed by atoms with Crippen LogP contribution in [0.25, 0.3) is 11.0 Å². The molecule has 1 aromatic heterocycles. The summed E-state index contributed by atoms with van der Waals surface area (Å²) in [6, 6.07) is 7.53. The summed E-state index contributed by atoms with van der Waals surface area (Å²) in [5.74, 6) is -1.50. The second kappa shape index (κ2) is 7.10. The van der Waals surface area contributed by atoms with Crippen LogP contribution in [-0.2, 0) is 4.79 Å². The molecule has 1 amide bonds. The van der Waals surface area contributed by atoms with Crippen LogP contribution >= 0.6 is 11.8 Å². The van der Waals surface area contributed by atoms with Crippen molar-refractivity contribution in [3.63, 3.8) is 0 Å². The highest BCUT2D eigenvalue weighted by Crippen LogP contribution is 2.26. The predicted octanol–water partition coefficient (Wildman–Crippen LogP) is 3.89. The Morgan fingerprint density at radius 2 is 2.04 bits per heavy atom. The van der Waals surface area contributed by atoms with Crippen LogP contribution in [0.3, 0.4) is 0 Å². The fraction of sp³-hybridized carbons (Fsp3) is 0.176. The minimum Gasteiger partial charge on any atom is -0.495 e. The number of nitrogens with one attached hydrogen (secondary N) is 2. The molecule has 1 heterocycles. The second-order valence-electron chi connectivity index (χ2n) is 5.37. The number of anilines is 1. The maximum atomic E-state index is 13.2. The first-order valence-electron chi connectivity index (χ1n) is 7.38. The molecule has 130 valence electrons. The van der Waals surface area contributed by atoms with Gasteiger partial charge in [-0.2, -0.15) is 0 Å². The third kappa shape index (κ3) is 3.90. The largest absolute Gasteiger partial charge is 0.495 e. The summed E-state index contributed by atoms with van der Waals surface area (Å²) in [4.78, 5) is 19.1. The number of amides is 1. The minimum atomic E-state index is -0.958. The Balaban J connectivity index is 1.67. The number of hydrogen-bond acceptors (Lipinski definition) is 4. The zero-order valence-electron chi connectivity index (χ0n) is 13.5. The molecule has 0 aliphatic carbocycles. The van der Waals surface area contributed by atoms with Gasteiger partial charge in [-0.25, -0.2) is 13.8 Å². The van der Waals surface area contributed by atoms with Crippen molar-refractivity contribution in [1.29, 1.82) is 0 Å². The van der Waals surface area contributed by atoms with Crippen molar-refractivity contribution in [3.8, 4) is 5.75 Å². The molecule has 0 fully saturated rings. The quantitative estimate of drug-likeness (QED) is 0.675. The molecule has 0 atom stereocenters. The highest BCUT2D eigenvalue weighted by molar-refractivity contribution is 7.99. The number of halogens is 2. The van der Waals surface area contributed by atoms with E-state index in [9.17, 15) is 13.6 Å². The van der Waals surface area contributed by atoms with E-state index in [4.69, 9.17) is 4.74 Å². The Labute approximate surface area is 146 Å². The lowest BCUT2D eigenvalue weighted by Gasteiger charge is -2.10. The van der Waals surface area contributed by atoms with Crippen LogP contribution in [0, 0.1) is 18.6 Å². The van der Waals surface area contributed by atoms with Crippen LogP contribution in [0.2, 0.25) is 0 Å². The number of imidazole rings is 1. The second-order valence-corrected chi connectivity index (χ2v) is 6.33. The Kier molecular flexibility index (Phi) is 4.89. The number of aromatic amines is 1. The first-order valence-corrected chi connectivity index (χ1v) is 8.37. The topological polar surface area (TPSA) is 67.0 Å². The molecule has 8 heteroatoms. The molecule has 2 N–H and O–H groups in total. The number of H-pyrrole nitrogens is 1. The van der Waals surface area contributed by atoms with E-state index in [-0.39, 0.29) is 11.7 Å². The Morgan fingerprint density at radius 3 is 2.80 bits per heavy atom. The third-order valence-electron chi connectivity index (χ3n) is 3.47. The molecule has 25 heavy (non-hydrogen) atoms. The summed E-state index contributed by atoms with van der Waals surface area (Å²) in [6.07, 6.45) is 0. The number of benzene rings is 2. The van der Waals surface area contributed by atoms with Crippen molar-refractivity contribution >= 4 is 34.4 Å². The van der Waals surface area contributed by atoms with E-state index in [0.29, 0.717) is 27.6 Å². The van der Waals surface area contributed by atoms with E-state index in [1.807, 2.05) is 19.1 Å². The average molecular weight is 363 g/mol. The van der Waals surface area contributed by atoms with E-state index < -0.39 is 11.6 Å². The maximum absolute atomic E-state index is 13.2. The highest BCUT2D eigenvalue weighted by Gasteiger charge is 2.12. The Bertz CT molecular complexity index is 904. The van der Waals surface area contributed by atoms with Gasteiger partial charge in [0, 0.05) is 12.1 Å². The monoisotopic (exact) mass is 363 g/mol. The Hall–Kier alpha value is -2.61. The summed E-state index contributed by atoms with van der Waals surface area (Å²) in [6.45, 7) is 1.91. The van der Waals surface area contributed by atoms with E-state index in [1.54, 1.807) is 6.07 Å². The van der Waals surface area contributed by atoms with Crippen LogP contribution in [0.15, 0.2) is 35.5 Å². The lowest BCUT2D eigenvalue weighted by molar-refractivity contribution is -0.113. The lowest BCUT2D eigenvalue weighted by Crippen LogP contribution is -2.15. The number of carbonyl (C=O) groups excluding carboxylic acids is 1. The van der Waals surface area contributed by atoms with Gasteiger partial charge in [0.1, 0.15) is 5.75 Å². The molecule has 0 aliphatic heterocycles. The number of carbonyl (C=O) groups is 1. The standard InChI is InChI=1S/C17H15F2N3O2S/c1-9-3-4-15(24-2)14(5-9)20-16(23)8-25-17-21-12-6-10(18)11(19)7-13(12)22-17/h3-7H,8H2,1-2H3,(H,20,23)(H,21,22). The number of fused-ring (bicyclic) bond motifs is 1. The van der Waals surface area contributed by atoms with Crippen LogP contribution in [0.5, 0.6) is 5.75 Å². The van der Waals surface area contributed by atoms with Gasteiger partial charge in [0.05, 0.1) is 29.6 Å². The van der Waals surface area contributed by atoms with Crippen LogP contribution < -0.4 is 10.1 Å². The van der Waals surface area contributed by atoms with Gasteiger partial charge in [0.25, 0.3) is 0 Å². The highest BCUT2D eigenvalue weighted by atomic mass is 32.2. The molecule has 3 aromatic rings. The van der Waals surface area contributed by atoms with Crippen molar-refractivity contribution in [1.82, 2.24) is 9.97 Å². The molecular weight excluding hydrogens is 348 g/mol. The smallest absolute Gasteiger partial charge is 0.234 e. The van der Waals surface area contributed by atoms with Gasteiger partial charge in [0.15, 0.2) is 16.8 Å². The molecule has 0 bridgehead atoms. The number of aromatic nitrogens is 2. The summed E-state index contributed by atoms with van der Waals surface area (Å²) in [5.41, 5.74) is 2.26. The number of hydrogen-bond donors (Lipinski definition) is 2. The SMILES string of the molecule is COc1ccc(C)cc1NC(=O)CSc1nc2cc(F)c(F)cc2[nH]1. The molecule has 0 saturated heterocycles. The van der Waals surface area contributed by atoms with Gasteiger partial charge in [-0.15, -0.1) is 0 Å². The Morgan fingerprint density at radius 1 is 1.28 bits per heavy atom. The molecule has 3 rings (SSSR count). The van der Waals surface area contributed by atoms with Gasteiger partial charge in [-0.05, 0) is 24.6 Å². The zero-order valence-corrected chi connectivity index (χ0v) is 14.3. The number of rotatable bonds is 5. The lowest BCUT2D eigenvalue weighted by atomic mass is 10.2. The first-order chi connectivity index (χ1) is 12.0. The predicted molar refractivity (Wildman–Crippen MR) is 93.1 cm³/mol. The molecule has 0 unspecified atom stereocenters. The van der Waals surface area contributed by atoms with E-state index in [0.717, 1.165) is 29.5 Å². The van der Waals surface area contributed by atoms with Crippen LogP contribution in [-0.4, -0.2) is 28.7 Å². The van der Waals surface area contributed by atoms with Gasteiger partial charge >= 0.3 is 0 Å². The molecule has 5 nitrogen and oxygen atoms in total. The summed E-state index contributed by atoms with van der Waals surface area (Å²) in [5, 5.41) is 3.19. The normalized spacial score (nSPS) is 10.9. The fourth-order valence-electron chi connectivity index (χ4n) is 2.29. The van der Waals surface area contributed by atoms with Gasteiger partial charge in [0.2, 0.25) is 5.91 Å². The summed E-state index contributed by atoms with van der Waals surface area (Å²) >= 11 is 1.14. The van der Waals surface area contributed by atoms with Crippen LogP contribution in [0.4, 0.5) is 14.5 Å². The molecular formula is C17H15F2N3O2S. The molecule has 0 saturated carbocycles. The molecule has 0 aliphatic rings. The molecule has 0 spiro atoms. The van der Waals surface area contributed by atoms with Crippen molar-refractivity contribution in [2.75, 3.05) is 18.2 Å². The molecule has 0 radical (unpaired) electrons. The summed E-state index contributed by atoms with van der Waals surface area (Å²) < 4.78 is 31.6. The third-order valence-corrected chi connectivity index (χ3v) is 4.34. The summed E-state index contributed by atoms with van der Waals surface area (Å²) in [7, 11) is 1.53. The van der Waals surface area contributed by atoms with Gasteiger partial charge in [-0.3, -0.25) is 4.79 Å². The van der Waals surface area contributed by atoms with Crippen molar-refractivity contribution in [3.05, 3.63) is 47.5 Å². The number of ether oxygens (including phenoxy) is 1. The zero-order chi connectivity index (χ0) is 18.0.